The lowest BCUT2D eigenvalue weighted by Gasteiger charge is -2.26. The largest absolute Gasteiger partial charge is 0.315 e. The molecule has 3 aliphatic rings. The predicted octanol–water partition coefficient (Wildman–Crippen LogP) is 2.66. The number of carbonyl (C=O) groups excluding carboxylic acids is 1. The highest BCUT2D eigenvalue weighted by molar-refractivity contribution is 8.16. The van der Waals surface area contributed by atoms with Crippen molar-refractivity contribution in [1.82, 2.24) is 0 Å². The Hall–Kier alpha value is -1.05. The Morgan fingerprint density at radius 2 is 2.08 bits per heavy atom. The van der Waals surface area contributed by atoms with Gasteiger partial charge in [0.1, 0.15) is 0 Å². The number of sulfone groups is 1. The van der Waals surface area contributed by atoms with E-state index in [1.807, 2.05) is 24.0 Å². The Kier molecular flexibility index (Phi) is 3.93. The predicted molar refractivity (Wildman–Crippen MR) is 97.7 cm³/mol. The second kappa shape index (κ2) is 5.75. The average molecular weight is 385 g/mol. The molecular weight excluding hydrogens is 368 g/mol. The third-order valence-corrected chi connectivity index (χ3v) is 8.07. The summed E-state index contributed by atoms with van der Waals surface area (Å²) in [5.74, 6) is 0.178. The van der Waals surface area contributed by atoms with Crippen molar-refractivity contribution in [3.8, 4) is 0 Å². The molecule has 0 N–H and O–H groups in total. The maximum absolute atomic E-state index is 12.2. The van der Waals surface area contributed by atoms with Gasteiger partial charge in [-0.1, -0.05) is 29.4 Å². The van der Waals surface area contributed by atoms with E-state index in [0.29, 0.717) is 10.2 Å². The fourth-order valence-corrected chi connectivity index (χ4v) is 7.28. The van der Waals surface area contributed by atoms with E-state index in [-0.39, 0.29) is 34.6 Å². The summed E-state index contributed by atoms with van der Waals surface area (Å²) in [5.41, 5.74) is 1.82. The van der Waals surface area contributed by atoms with Gasteiger partial charge < -0.3 is 4.90 Å². The second-order valence-electron chi connectivity index (χ2n) is 6.61. The minimum atomic E-state index is -3.06. The summed E-state index contributed by atoms with van der Waals surface area (Å²) < 4.78 is 24.1. The van der Waals surface area contributed by atoms with E-state index < -0.39 is 9.84 Å². The lowest BCUT2D eigenvalue weighted by molar-refractivity contribution is -0.118. The van der Waals surface area contributed by atoms with E-state index >= 15 is 0 Å². The number of rotatable bonds is 2. The molecule has 3 fully saturated rings. The van der Waals surface area contributed by atoms with Gasteiger partial charge in [0.05, 0.1) is 17.5 Å². The highest BCUT2D eigenvalue weighted by Crippen LogP contribution is 2.43. The first kappa shape index (κ1) is 16.4. The molecule has 24 heavy (non-hydrogen) atoms. The zero-order valence-corrected chi connectivity index (χ0v) is 15.5. The van der Waals surface area contributed by atoms with E-state index in [9.17, 15) is 13.2 Å². The molecule has 1 aliphatic carbocycles. The molecule has 0 aromatic heterocycles. The molecule has 2 saturated heterocycles. The van der Waals surface area contributed by atoms with Crippen LogP contribution in [-0.2, 0) is 14.6 Å². The van der Waals surface area contributed by atoms with Crippen molar-refractivity contribution in [2.75, 3.05) is 16.4 Å². The molecule has 128 valence electrons. The summed E-state index contributed by atoms with van der Waals surface area (Å²) in [7, 11) is -3.06. The van der Waals surface area contributed by atoms with Crippen LogP contribution >= 0.6 is 23.4 Å². The van der Waals surface area contributed by atoms with Gasteiger partial charge in [-0.3, -0.25) is 4.79 Å². The van der Waals surface area contributed by atoms with Gasteiger partial charge in [0.25, 0.3) is 5.91 Å². The summed E-state index contributed by atoms with van der Waals surface area (Å²) in [6, 6.07) is 5.34. The van der Waals surface area contributed by atoms with Gasteiger partial charge in [-0.25, -0.2) is 8.42 Å². The average Bonchev–Trinajstić information content (AvgIpc) is 3.23. The maximum atomic E-state index is 12.2. The number of fused-ring (bicyclic) bond motifs is 1. The fourth-order valence-electron chi connectivity index (χ4n) is 3.20. The number of nitrogens with zero attached hydrogens (tertiary/aromatic N) is 2. The van der Waals surface area contributed by atoms with Gasteiger partial charge in [-0.05, 0) is 37.5 Å². The Balaban J connectivity index is 1.77. The van der Waals surface area contributed by atoms with Crippen LogP contribution in [0.2, 0.25) is 5.02 Å². The lowest BCUT2D eigenvalue weighted by Crippen LogP contribution is -2.38. The minimum Gasteiger partial charge on any atom is -0.315 e. The molecule has 0 spiro atoms. The number of amides is 1. The topological polar surface area (TPSA) is 66.8 Å². The highest BCUT2D eigenvalue weighted by atomic mass is 35.5. The number of carbonyl (C=O) groups is 1. The Labute approximate surface area is 150 Å². The molecule has 4 rings (SSSR count). The summed E-state index contributed by atoms with van der Waals surface area (Å²) in [6.45, 7) is 1.95. The Bertz CT molecular complexity index is 849. The van der Waals surface area contributed by atoms with Crippen molar-refractivity contribution in [2.24, 2.45) is 10.9 Å². The number of amidine groups is 1. The standard InChI is InChI=1S/C16H17ClN2O3S2/c1-9-2-5-11(17)6-12(9)19-13-7-24(21,22)8-14(13)23-16(19)18-15(20)10-3-4-10/h2,5-6,10,13-14H,3-4,7-8H2,1H3/t13-,14-/m1/s1. The molecule has 1 saturated carbocycles. The van der Waals surface area contributed by atoms with Crippen LogP contribution in [0.15, 0.2) is 23.2 Å². The van der Waals surface area contributed by atoms with Gasteiger partial charge in [-0.15, -0.1) is 0 Å². The van der Waals surface area contributed by atoms with Crippen molar-refractivity contribution < 1.29 is 13.2 Å². The first-order valence-electron chi connectivity index (χ1n) is 7.89. The van der Waals surface area contributed by atoms with Crippen LogP contribution in [0.1, 0.15) is 18.4 Å². The van der Waals surface area contributed by atoms with Gasteiger partial charge in [0, 0.05) is 21.9 Å². The third-order valence-electron chi connectivity index (χ3n) is 4.63. The zero-order chi connectivity index (χ0) is 17.1. The molecule has 1 amide bonds. The van der Waals surface area contributed by atoms with Crippen molar-refractivity contribution in [2.45, 2.75) is 31.1 Å². The van der Waals surface area contributed by atoms with Crippen LogP contribution in [0.3, 0.4) is 0 Å². The van der Waals surface area contributed by atoms with Crippen LogP contribution < -0.4 is 4.90 Å². The van der Waals surface area contributed by atoms with Gasteiger partial charge >= 0.3 is 0 Å². The zero-order valence-electron chi connectivity index (χ0n) is 13.1. The molecular formula is C16H17ClN2O3S2. The molecule has 2 atom stereocenters. The van der Waals surface area contributed by atoms with Crippen molar-refractivity contribution in [1.29, 1.82) is 0 Å². The summed E-state index contributed by atoms with van der Waals surface area (Å²) in [4.78, 5) is 18.4. The molecule has 0 radical (unpaired) electrons. The normalized spacial score (nSPS) is 29.9. The number of thioether (sulfide) groups is 1. The van der Waals surface area contributed by atoms with Crippen molar-refractivity contribution in [3.63, 3.8) is 0 Å². The van der Waals surface area contributed by atoms with Crippen LogP contribution in [0.4, 0.5) is 5.69 Å². The molecule has 2 aliphatic heterocycles. The molecule has 0 unspecified atom stereocenters. The lowest BCUT2D eigenvalue weighted by atomic mass is 10.1. The number of benzene rings is 1. The number of hydrogen-bond donors (Lipinski definition) is 0. The smallest absolute Gasteiger partial charge is 0.251 e. The summed E-state index contributed by atoms with van der Waals surface area (Å²) in [5, 5.41) is 1.11. The van der Waals surface area contributed by atoms with Crippen LogP contribution in [0.25, 0.3) is 0 Å². The van der Waals surface area contributed by atoms with Crippen LogP contribution in [0, 0.1) is 12.8 Å². The first-order valence-corrected chi connectivity index (χ1v) is 11.0. The molecule has 0 bridgehead atoms. The molecule has 2 heterocycles. The van der Waals surface area contributed by atoms with E-state index in [2.05, 4.69) is 4.99 Å². The van der Waals surface area contributed by atoms with E-state index in [0.717, 1.165) is 24.1 Å². The second-order valence-corrected chi connectivity index (χ2v) is 10.4. The Morgan fingerprint density at radius 3 is 2.79 bits per heavy atom. The molecule has 1 aromatic carbocycles. The third kappa shape index (κ3) is 2.97. The molecule has 1 aromatic rings. The molecule has 8 heteroatoms. The summed E-state index contributed by atoms with van der Waals surface area (Å²) in [6.07, 6.45) is 1.80. The van der Waals surface area contributed by atoms with E-state index in [1.54, 1.807) is 6.07 Å². The number of halogens is 1. The van der Waals surface area contributed by atoms with E-state index in [4.69, 9.17) is 11.6 Å². The number of aliphatic imine (C=N–C) groups is 1. The number of hydrogen-bond acceptors (Lipinski definition) is 4. The quantitative estimate of drug-likeness (QED) is 0.784. The van der Waals surface area contributed by atoms with E-state index in [1.165, 1.54) is 11.8 Å². The van der Waals surface area contributed by atoms with Gasteiger partial charge in [0.2, 0.25) is 0 Å². The first-order chi connectivity index (χ1) is 11.3. The number of anilines is 1. The van der Waals surface area contributed by atoms with Crippen molar-refractivity contribution >= 4 is 50.0 Å². The monoisotopic (exact) mass is 384 g/mol. The van der Waals surface area contributed by atoms with Gasteiger partial charge in [0.15, 0.2) is 15.0 Å². The SMILES string of the molecule is Cc1ccc(Cl)cc1N1C(=NC(=O)C2CC2)S[C@@H]2CS(=O)(=O)C[C@H]21. The van der Waals surface area contributed by atoms with Crippen LogP contribution in [0.5, 0.6) is 0 Å². The molecule has 5 nitrogen and oxygen atoms in total. The van der Waals surface area contributed by atoms with Crippen molar-refractivity contribution in [3.05, 3.63) is 28.8 Å². The Morgan fingerprint density at radius 1 is 1.33 bits per heavy atom. The fraction of sp³-hybridized carbons (Fsp3) is 0.500. The minimum absolute atomic E-state index is 0.0459. The highest BCUT2D eigenvalue weighted by Gasteiger charge is 2.50. The summed E-state index contributed by atoms with van der Waals surface area (Å²) >= 11 is 7.56. The van der Waals surface area contributed by atoms with Crippen LogP contribution in [-0.4, -0.2) is 42.3 Å². The maximum Gasteiger partial charge on any atom is 0.251 e. The van der Waals surface area contributed by atoms with Gasteiger partial charge in [-0.2, -0.15) is 4.99 Å². The number of aryl methyl sites for hydroxylation is 1.